The first-order valence-electron chi connectivity index (χ1n) is 5.83. The smallest absolute Gasteiger partial charge is 0.370 e. The number of hydrogen-bond donors (Lipinski definition) is 1. The lowest BCUT2D eigenvalue weighted by Gasteiger charge is -2.16. The maximum Gasteiger partial charge on any atom is 0.416 e. The summed E-state index contributed by atoms with van der Waals surface area (Å²) in [5.74, 6) is -0.0641. The maximum absolute atomic E-state index is 12.4. The third-order valence-corrected chi connectivity index (χ3v) is 3.28. The summed E-state index contributed by atoms with van der Waals surface area (Å²) in [5, 5.41) is 0. The summed E-state index contributed by atoms with van der Waals surface area (Å²) < 4.78 is 37.3. The molecule has 2 nitrogen and oxygen atoms in total. The summed E-state index contributed by atoms with van der Waals surface area (Å²) >= 11 is 0. The average Bonchev–Trinajstić information content (AvgIpc) is 3.08. The Morgan fingerprint density at radius 3 is 2.22 bits per heavy atom. The minimum atomic E-state index is -4.32. The molecule has 0 radical (unpaired) electrons. The third-order valence-electron chi connectivity index (χ3n) is 3.28. The first-order chi connectivity index (χ1) is 8.38. The zero-order valence-electron chi connectivity index (χ0n) is 9.70. The van der Waals surface area contributed by atoms with Gasteiger partial charge in [0.05, 0.1) is 5.56 Å². The summed E-state index contributed by atoms with van der Waals surface area (Å²) in [6, 6.07) is 5.03. The highest BCUT2D eigenvalue weighted by molar-refractivity contribution is 5.74. The number of amides is 1. The molecule has 1 fully saturated rings. The number of alkyl halides is 3. The van der Waals surface area contributed by atoms with E-state index in [0.717, 1.165) is 30.5 Å². The van der Waals surface area contributed by atoms with Gasteiger partial charge in [-0.2, -0.15) is 13.2 Å². The second-order valence-corrected chi connectivity index (χ2v) is 4.73. The van der Waals surface area contributed by atoms with Gasteiger partial charge in [0.1, 0.15) is 0 Å². The van der Waals surface area contributed by atoms with Gasteiger partial charge in [0, 0.05) is 6.42 Å². The van der Waals surface area contributed by atoms with Crippen LogP contribution in [0.3, 0.4) is 0 Å². The van der Waals surface area contributed by atoms with Crippen molar-refractivity contribution in [3.63, 3.8) is 0 Å². The zero-order chi connectivity index (χ0) is 13.3. The topological polar surface area (TPSA) is 43.1 Å². The largest absolute Gasteiger partial charge is 0.416 e. The fourth-order valence-corrected chi connectivity index (χ4v) is 2.19. The molecule has 1 atom stereocenters. The molecule has 5 heteroatoms. The molecule has 1 aliphatic rings. The fourth-order valence-electron chi connectivity index (χ4n) is 2.19. The minimum Gasteiger partial charge on any atom is -0.370 e. The lowest BCUT2D eigenvalue weighted by Crippen LogP contribution is -2.16. The Morgan fingerprint density at radius 1 is 1.28 bits per heavy atom. The second kappa shape index (κ2) is 4.63. The second-order valence-electron chi connectivity index (χ2n) is 4.73. The maximum atomic E-state index is 12.4. The Balaban J connectivity index is 2.18. The number of halogens is 3. The van der Waals surface area contributed by atoms with Crippen LogP contribution >= 0.6 is 0 Å². The van der Waals surface area contributed by atoms with Crippen LogP contribution in [-0.4, -0.2) is 5.91 Å². The summed E-state index contributed by atoms with van der Waals surface area (Å²) in [5.41, 5.74) is 5.28. The third kappa shape index (κ3) is 3.03. The zero-order valence-corrected chi connectivity index (χ0v) is 9.70. The molecule has 0 spiro atoms. The van der Waals surface area contributed by atoms with E-state index in [2.05, 4.69) is 0 Å². The van der Waals surface area contributed by atoms with Gasteiger partial charge in [-0.05, 0) is 42.4 Å². The van der Waals surface area contributed by atoms with Crippen LogP contribution in [0.15, 0.2) is 24.3 Å². The molecule has 2 N–H and O–H groups in total. The molecule has 1 aromatic carbocycles. The van der Waals surface area contributed by atoms with Crippen molar-refractivity contribution in [1.29, 1.82) is 0 Å². The number of nitrogens with two attached hydrogens (primary N) is 1. The first-order valence-corrected chi connectivity index (χ1v) is 5.83. The molecule has 0 aromatic heterocycles. The predicted molar refractivity (Wildman–Crippen MR) is 60.7 cm³/mol. The van der Waals surface area contributed by atoms with Crippen LogP contribution in [0.2, 0.25) is 0 Å². The van der Waals surface area contributed by atoms with E-state index in [9.17, 15) is 18.0 Å². The Bertz CT molecular complexity index is 435. The molecule has 1 aromatic rings. The quantitative estimate of drug-likeness (QED) is 0.885. The number of hydrogen-bond acceptors (Lipinski definition) is 1. The van der Waals surface area contributed by atoms with E-state index in [0.29, 0.717) is 5.92 Å². The van der Waals surface area contributed by atoms with E-state index in [4.69, 9.17) is 5.73 Å². The summed E-state index contributed by atoms with van der Waals surface area (Å²) in [6.45, 7) is 0. The first kappa shape index (κ1) is 12.9. The number of benzene rings is 1. The van der Waals surface area contributed by atoms with Crippen LogP contribution in [0, 0.1) is 5.92 Å². The van der Waals surface area contributed by atoms with Gasteiger partial charge in [0.25, 0.3) is 0 Å². The summed E-state index contributed by atoms with van der Waals surface area (Å²) in [7, 11) is 0. The van der Waals surface area contributed by atoms with E-state index in [-0.39, 0.29) is 12.3 Å². The van der Waals surface area contributed by atoms with Gasteiger partial charge < -0.3 is 5.73 Å². The monoisotopic (exact) mass is 257 g/mol. The standard InChI is InChI=1S/C13H14F3NO/c14-13(15,16)10-5-3-9(4-6-10)11(7-12(17)18)8-1-2-8/h3-6,8,11H,1-2,7H2,(H2,17,18). The van der Waals surface area contributed by atoms with E-state index < -0.39 is 17.6 Å². The van der Waals surface area contributed by atoms with Gasteiger partial charge in [-0.15, -0.1) is 0 Å². The Hall–Kier alpha value is -1.52. The molecule has 0 aliphatic heterocycles. The number of primary amides is 1. The lowest BCUT2D eigenvalue weighted by molar-refractivity contribution is -0.137. The lowest BCUT2D eigenvalue weighted by atomic mass is 9.90. The highest BCUT2D eigenvalue weighted by atomic mass is 19.4. The van der Waals surface area contributed by atoms with Crippen LogP contribution in [0.4, 0.5) is 13.2 Å². The van der Waals surface area contributed by atoms with Crippen molar-refractivity contribution in [2.45, 2.75) is 31.4 Å². The Labute approximate surface area is 103 Å². The predicted octanol–water partition coefficient (Wildman–Crippen LogP) is 3.07. The molecular weight excluding hydrogens is 243 g/mol. The van der Waals surface area contributed by atoms with Crippen LogP contribution in [0.25, 0.3) is 0 Å². The van der Waals surface area contributed by atoms with Crippen molar-refractivity contribution in [3.05, 3.63) is 35.4 Å². The highest BCUT2D eigenvalue weighted by Crippen LogP contribution is 2.44. The van der Waals surface area contributed by atoms with Gasteiger partial charge >= 0.3 is 6.18 Å². The molecule has 1 saturated carbocycles. The molecule has 0 saturated heterocycles. The van der Waals surface area contributed by atoms with Gasteiger partial charge in [-0.1, -0.05) is 12.1 Å². The van der Waals surface area contributed by atoms with Gasteiger partial charge in [-0.25, -0.2) is 0 Å². The van der Waals surface area contributed by atoms with Crippen molar-refractivity contribution >= 4 is 5.91 Å². The normalized spacial score (nSPS) is 17.5. The van der Waals surface area contributed by atoms with Crippen molar-refractivity contribution in [3.8, 4) is 0 Å². The van der Waals surface area contributed by atoms with Crippen LogP contribution in [0.5, 0.6) is 0 Å². The van der Waals surface area contributed by atoms with Crippen LogP contribution in [-0.2, 0) is 11.0 Å². The van der Waals surface area contributed by atoms with Crippen molar-refractivity contribution in [2.75, 3.05) is 0 Å². The Kier molecular flexibility index (Phi) is 3.32. The SMILES string of the molecule is NC(=O)CC(c1ccc(C(F)(F)F)cc1)C1CC1. The van der Waals surface area contributed by atoms with Gasteiger partial charge in [0.2, 0.25) is 5.91 Å². The average molecular weight is 257 g/mol. The summed E-state index contributed by atoms with van der Waals surface area (Å²) in [6.07, 6.45) is -2.09. The molecule has 0 heterocycles. The molecule has 2 rings (SSSR count). The van der Waals surface area contributed by atoms with Crippen molar-refractivity contribution in [2.24, 2.45) is 11.7 Å². The van der Waals surface area contributed by atoms with Crippen molar-refractivity contribution < 1.29 is 18.0 Å². The number of carbonyl (C=O) groups is 1. The van der Waals surface area contributed by atoms with E-state index >= 15 is 0 Å². The highest BCUT2D eigenvalue weighted by Gasteiger charge is 2.34. The summed E-state index contributed by atoms with van der Waals surface area (Å²) in [4.78, 5) is 11.0. The van der Waals surface area contributed by atoms with Gasteiger partial charge in [0.15, 0.2) is 0 Å². The molecule has 1 amide bonds. The number of rotatable bonds is 4. The number of carbonyl (C=O) groups excluding carboxylic acids is 1. The molecular formula is C13H14F3NO. The van der Waals surface area contributed by atoms with E-state index in [1.807, 2.05) is 0 Å². The molecule has 0 bridgehead atoms. The van der Waals surface area contributed by atoms with Crippen LogP contribution in [0.1, 0.15) is 36.3 Å². The molecule has 1 unspecified atom stereocenters. The minimum absolute atomic E-state index is 0.0372. The molecule has 98 valence electrons. The molecule has 18 heavy (non-hydrogen) atoms. The fraction of sp³-hybridized carbons (Fsp3) is 0.462. The van der Waals surface area contributed by atoms with Gasteiger partial charge in [-0.3, -0.25) is 4.79 Å². The van der Waals surface area contributed by atoms with E-state index in [1.165, 1.54) is 12.1 Å². The molecule has 1 aliphatic carbocycles. The Morgan fingerprint density at radius 2 is 1.83 bits per heavy atom. The van der Waals surface area contributed by atoms with Crippen molar-refractivity contribution in [1.82, 2.24) is 0 Å². The van der Waals surface area contributed by atoms with E-state index in [1.54, 1.807) is 0 Å². The van der Waals surface area contributed by atoms with Crippen LogP contribution < -0.4 is 5.73 Å².